The highest BCUT2D eigenvalue weighted by molar-refractivity contribution is 6.46. The van der Waals surface area contributed by atoms with Crippen LogP contribution in [0.4, 0.5) is 4.39 Å². The predicted octanol–water partition coefficient (Wildman–Crippen LogP) is 3.37. The highest BCUT2D eigenvalue weighted by atomic mass is 19.1. The average molecular weight is 469 g/mol. The summed E-state index contributed by atoms with van der Waals surface area (Å²) in [7, 11) is 0. The van der Waals surface area contributed by atoms with Crippen LogP contribution in [0.2, 0.25) is 0 Å². The molecule has 4 rings (SSSR count). The van der Waals surface area contributed by atoms with E-state index in [1.165, 1.54) is 29.2 Å². The lowest BCUT2D eigenvalue weighted by molar-refractivity contribution is -0.140. The van der Waals surface area contributed by atoms with Gasteiger partial charge < -0.3 is 19.5 Å². The molecule has 0 saturated carbocycles. The summed E-state index contributed by atoms with van der Waals surface area (Å²) in [6, 6.07) is 11.6. The molecule has 2 fully saturated rings. The summed E-state index contributed by atoms with van der Waals surface area (Å²) in [6.07, 6.45) is 0.00323. The SMILES string of the molecule is CC(C)Oc1ccc([C@@H]2C(=C(O)c3ccc(F)cc3)C(=O)C(=O)N2CCN2CCOCC2)cc1. The van der Waals surface area contributed by atoms with Crippen molar-refractivity contribution in [1.82, 2.24) is 9.80 Å². The number of ketones is 1. The van der Waals surface area contributed by atoms with Gasteiger partial charge in [-0.25, -0.2) is 4.39 Å². The van der Waals surface area contributed by atoms with E-state index < -0.39 is 23.5 Å². The first-order valence-electron chi connectivity index (χ1n) is 11.5. The topological polar surface area (TPSA) is 79.3 Å². The second kappa shape index (κ2) is 10.4. The second-order valence-electron chi connectivity index (χ2n) is 8.69. The van der Waals surface area contributed by atoms with Gasteiger partial charge in [0.15, 0.2) is 0 Å². The molecule has 7 nitrogen and oxygen atoms in total. The predicted molar refractivity (Wildman–Crippen MR) is 125 cm³/mol. The molecule has 2 aliphatic rings. The molecule has 1 amide bonds. The van der Waals surface area contributed by atoms with Gasteiger partial charge in [0, 0.05) is 31.7 Å². The molecule has 2 aliphatic heterocycles. The number of morpholine rings is 1. The zero-order chi connectivity index (χ0) is 24.2. The summed E-state index contributed by atoms with van der Waals surface area (Å²) < 4.78 is 24.5. The number of nitrogens with zero attached hydrogens (tertiary/aromatic N) is 2. The van der Waals surface area contributed by atoms with Gasteiger partial charge in [-0.2, -0.15) is 0 Å². The lowest BCUT2D eigenvalue weighted by Crippen LogP contribution is -2.42. The minimum Gasteiger partial charge on any atom is -0.507 e. The molecule has 1 atom stereocenters. The van der Waals surface area contributed by atoms with Crippen molar-refractivity contribution >= 4 is 17.4 Å². The molecule has 2 aromatic rings. The summed E-state index contributed by atoms with van der Waals surface area (Å²) in [5, 5.41) is 11.0. The lowest BCUT2D eigenvalue weighted by Gasteiger charge is -2.31. The van der Waals surface area contributed by atoms with Crippen molar-refractivity contribution < 1.29 is 28.6 Å². The number of amides is 1. The second-order valence-corrected chi connectivity index (χ2v) is 8.69. The molecule has 2 saturated heterocycles. The minimum absolute atomic E-state index is 0.00323. The van der Waals surface area contributed by atoms with Crippen molar-refractivity contribution in [3.63, 3.8) is 0 Å². The first kappa shape index (κ1) is 23.9. The van der Waals surface area contributed by atoms with E-state index in [2.05, 4.69) is 4.90 Å². The summed E-state index contributed by atoms with van der Waals surface area (Å²) in [6.45, 7) is 7.52. The van der Waals surface area contributed by atoms with E-state index in [9.17, 15) is 19.1 Å². The minimum atomic E-state index is -0.765. The van der Waals surface area contributed by atoms with Crippen molar-refractivity contribution in [1.29, 1.82) is 0 Å². The monoisotopic (exact) mass is 468 g/mol. The van der Waals surface area contributed by atoms with E-state index in [0.717, 1.165) is 13.1 Å². The van der Waals surface area contributed by atoms with E-state index in [-0.39, 0.29) is 23.0 Å². The average Bonchev–Trinajstić information content (AvgIpc) is 3.08. The number of likely N-dealkylation sites (tertiary alicyclic amines) is 1. The van der Waals surface area contributed by atoms with Crippen molar-refractivity contribution in [2.75, 3.05) is 39.4 Å². The van der Waals surface area contributed by atoms with Crippen molar-refractivity contribution in [2.24, 2.45) is 0 Å². The van der Waals surface area contributed by atoms with Gasteiger partial charge >= 0.3 is 0 Å². The third-order valence-electron chi connectivity index (χ3n) is 5.99. The first-order valence-corrected chi connectivity index (χ1v) is 11.5. The summed E-state index contributed by atoms with van der Waals surface area (Å²) >= 11 is 0. The zero-order valence-electron chi connectivity index (χ0n) is 19.4. The Labute approximate surface area is 198 Å². The van der Waals surface area contributed by atoms with Gasteiger partial charge in [-0.1, -0.05) is 12.1 Å². The maximum absolute atomic E-state index is 13.4. The van der Waals surface area contributed by atoms with Crippen LogP contribution < -0.4 is 4.74 Å². The lowest BCUT2D eigenvalue weighted by atomic mass is 9.95. The molecule has 34 heavy (non-hydrogen) atoms. The van der Waals surface area contributed by atoms with Gasteiger partial charge in [-0.05, 0) is 55.8 Å². The molecule has 180 valence electrons. The van der Waals surface area contributed by atoms with Gasteiger partial charge in [-0.3, -0.25) is 14.5 Å². The molecule has 1 N–H and O–H groups in total. The number of aliphatic hydroxyl groups excluding tert-OH is 1. The van der Waals surface area contributed by atoms with Crippen LogP contribution in [-0.2, 0) is 14.3 Å². The number of carbonyl (C=O) groups excluding carboxylic acids is 2. The largest absolute Gasteiger partial charge is 0.507 e. The Kier molecular flexibility index (Phi) is 7.29. The fourth-order valence-corrected chi connectivity index (χ4v) is 4.30. The molecule has 0 aliphatic carbocycles. The highest BCUT2D eigenvalue weighted by Crippen LogP contribution is 2.39. The molecular weight excluding hydrogens is 439 g/mol. The van der Waals surface area contributed by atoms with Crippen LogP contribution in [0.25, 0.3) is 5.76 Å². The Balaban J connectivity index is 1.71. The molecule has 0 bridgehead atoms. The van der Waals surface area contributed by atoms with E-state index in [1.807, 2.05) is 13.8 Å². The first-order chi connectivity index (χ1) is 16.3. The quantitative estimate of drug-likeness (QED) is 0.381. The van der Waals surface area contributed by atoms with Crippen LogP contribution >= 0.6 is 0 Å². The maximum Gasteiger partial charge on any atom is 0.295 e. The molecule has 0 radical (unpaired) electrons. The Morgan fingerprint density at radius 1 is 1.06 bits per heavy atom. The number of rotatable bonds is 7. The zero-order valence-corrected chi connectivity index (χ0v) is 19.4. The number of carbonyl (C=O) groups is 2. The third kappa shape index (κ3) is 5.13. The van der Waals surface area contributed by atoms with Gasteiger partial charge in [0.05, 0.1) is 30.9 Å². The fraction of sp³-hybridized carbons (Fsp3) is 0.385. The van der Waals surface area contributed by atoms with Crippen molar-refractivity contribution in [3.8, 4) is 5.75 Å². The van der Waals surface area contributed by atoms with Gasteiger partial charge in [0.1, 0.15) is 17.3 Å². The van der Waals surface area contributed by atoms with Gasteiger partial charge in [0.25, 0.3) is 11.7 Å². The van der Waals surface area contributed by atoms with Crippen LogP contribution in [0.15, 0.2) is 54.1 Å². The van der Waals surface area contributed by atoms with E-state index in [0.29, 0.717) is 37.6 Å². The summed E-state index contributed by atoms with van der Waals surface area (Å²) in [5.41, 5.74) is 0.953. The highest BCUT2D eigenvalue weighted by Gasteiger charge is 2.46. The molecule has 0 aromatic heterocycles. The fourth-order valence-electron chi connectivity index (χ4n) is 4.30. The van der Waals surface area contributed by atoms with Crippen LogP contribution in [0, 0.1) is 5.82 Å². The van der Waals surface area contributed by atoms with Crippen LogP contribution in [-0.4, -0.2) is 72.1 Å². The molecule has 0 unspecified atom stereocenters. The Hall–Kier alpha value is -3.23. The van der Waals surface area contributed by atoms with Crippen LogP contribution in [0.5, 0.6) is 5.75 Å². The number of Topliss-reactive ketones (excluding diaryl/α,β-unsaturated/α-hetero) is 1. The smallest absolute Gasteiger partial charge is 0.295 e. The molecule has 2 heterocycles. The number of benzene rings is 2. The van der Waals surface area contributed by atoms with Crippen molar-refractivity contribution in [2.45, 2.75) is 26.0 Å². The van der Waals surface area contributed by atoms with E-state index in [4.69, 9.17) is 9.47 Å². The van der Waals surface area contributed by atoms with Gasteiger partial charge in [-0.15, -0.1) is 0 Å². The maximum atomic E-state index is 13.4. The molecule has 0 spiro atoms. The number of hydrogen-bond acceptors (Lipinski definition) is 6. The normalized spacial score (nSPS) is 20.8. The molecule has 2 aromatic carbocycles. The molecular formula is C26H29FN2O5. The number of halogens is 1. The Bertz CT molecular complexity index is 1060. The number of hydrogen-bond donors (Lipinski definition) is 1. The Morgan fingerprint density at radius 3 is 2.32 bits per heavy atom. The summed E-state index contributed by atoms with van der Waals surface area (Å²) in [4.78, 5) is 29.9. The van der Waals surface area contributed by atoms with E-state index >= 15 is 0 Å². The van der Waals surface area contributed by atoms with Crippen LogP contribution in [0.3, 0.4) is 0 Å². The number of ether oxygens (including phenoxy) is 2. The standard InChI is InChI=1S/C26H29FN2O5/c1-17(2)34-21-9-5-18(6-10-21)23-22(24(30)19-3-7-20(27)8-4-19)25(31)26(32)29(23)12-11-28-13-15-33-16-14-28/h3-10,17,23,30H,11-16H2,1-2H3/t23-/m1/s1. The van der Waals surface area contributed by atoms with Crippen molar-refractivity contribution in [3.05, 3.63) is 71.0 Å². The van der Waals surface area contributed by atoms with E-state index in [1.54, 1.807) is 24.3 Å². The number of aliphatic hydroxyl groups is 1. The third-order valence-corrected chi connectivity index (χ3v) is 5.99. The molecule has 8 heteroatoms. The van der Waals surface area contributed by atoms with Gasteiger partial charge in [0.2, 0.25) is 0 Å². The Morgan fingerprint density at radius 2 is 1.71 bits per heavy atom. The summed E-state index contributed by atoms with van der Waals surface area (Å²) in [5.74, 6) is -1.53. The van der Waals surface area contributed by atoms with Crippen LogP contribution in [0.1, 0.15) is 31.0 Å².